The highest BCUT2D eigenvalue weighted by atomic mass is 16.6. The second-order valence-corrected chi connectivity index (χ2v) is 4.48. The summed E-state index contributed by atoms with van der Waals surface area (Å²) in [6, 6.07) is -0.686. The Labute approximate surface area is 94.4 Å². The van der Waals surface area contributed by atoms with E-state index in [-0.39, 0.29) is 6.10 Å². The molecule has 0 radical (unpaired) electrons. The number of carbonyl (C=O) groups excluding carboxylic acids is 1. The number of hydrogen-bond acceptors (Lipinski definition) is 3. The second kappa shape index (κ2) is 4.72. The molecule has 2 aliphatic rings. The zero-order chi connectivity index (χ0) is 11.5. The zero-order valence-corrected chi connectivity index (χ0v) is 9.22. The predicted octanol–water partition coefficient (Wildman–Crippen LogP) is 1.61. The number of nitrogens with zero attached hydrogens (tertiary/aromatic N) is 1. The first-order valence-corrected chi connectivity index (χ1v) is 5.88. The number of carboxylic acid groups (broad SMARTS) is 1. The van der Waals surface area contributed by atoms with Crippen molar-refractivity contribution >= 4 is 12.1 Å². The molecule has 0 aromatic heterocycles. The summed E-state index contributed by atoms with van der Waals surface area (Å²) in [5, 5.41) is 8.94. The molecule has 1 heterocycles. The fourth-order valence-electron chi connectivity index (χ4n) is 2.46. The summed E-state index contributed by atoms with van der Waals surface area (Å²) in [5.74, 6) is -0.930. The summed E-state index contributed by atoms with van der Waals surface area (Å²) in [6.07, 6.45) is 4.86. The van der Waals surface area contributed by atoms with Gasteiger partial charge in [-0.25, -0.2) is 9.59 Å². The molecule has 2 rings (SSSR count). The monoisotopic (exact) mass is 227 g/mol. The van der Waals surface area contributed by atoms with Crippen molar-refractivity contribution in [2.24, 2.45) is 0 Å². The van der Waals surface area contributed by atoms with Gasteiger partial charge in [0, 0.05) is 6.54 Å². The second-order valence-electron chi connectivity index (χ2n) is 4.48. The Hall–Kier alpha value is -1.26. The molecule has 1 amide bonds. The molecule has 0 aromatic rings. The van der Waals surface area contributed by atoms with Crippen molar-refractivity contribution in [1.82, 2.24) is 4.90 Å². The number of carbonyl (C=O) groups is 2. The first-order chi connectivity index (χ1) is 7.68. The first kappa shape index (κ1) is 11.2. The van der Waals surface area contributed by atoms with Crippen molar-refractivity contribution in [3.8, 4) is 0 Å². The van der Waals surface area contributed by atoms with E-state index in [1.807, 2.05) is 0 Å². The normalized spacial score (nSPS) is 26.0. The predicted molar refractivity (Wildman–Crippen MR) is 56.1 cm³/mol. The third kappa shape index (κ3) is 2.28. The first-order valence-electron chi connectivity index (χ1n) is 5.88. The Bertz CT molecular complexity index is 286. The van der Waals surface area contributed by atoms with Gasteiger partial charge in [-0.15, -0.1) is 0 Å². The number of aliphatic carboxylic acids is 1. The SMILES string of the molecule is O=C(O)[C@@H]1CCCN1C(=O)OC1CCCC1. The van der Waals surface area contributed by atoms with Crippen LogP contribution in [0.1, 0.15) is 38.5 Å². The molecule has 90 valence electrons. The van der Waals surface area contributed by atoms with E-state index in [2.05, 4.69) is 0 Å². The van der Waals surface area contributed by atoms with Gasteiger partial charge in [0.2, 0.25) is 0 Å². The molecule has 1 atom stereocenters. The number of carboxylic acids is 1. The van der Waals surface area contributed by atoms with Crippen LogP contribution in [0.2, 0.25) is 0 Å². The maximum absolute atomic E-state index is 11.8. The van der Waals surface area contributed by atoms with E-state index in [9.17, 15) is 9.59 Å². The molecule has 1 saturated heterocycles. The summed E-state index contributed by atoms with van der Waals surface area (Å²) in [7, 11) is 0. The van der Waals surface area contributed by atoms with Gasteiger partial charge in [0.25, 0.3) is 0 Å². The Morgan fingerprint density at radius 3 is 2.44 bits per heavy atom. The summed E-state index contributed by atoms with van der Waals surface area (Å²) in [6.45, 7) is 0.503. The van der Waals surface area contributed by atoms with Crippen molar-refractivity contribution in [2.75, 3.05) is 6.54 Å². The standard InChI is InChI=1S/C11H17NO4/c13-10(14)9-6-3-7-12(9)11(15)16-8-4-1-2-5-8/h8-9H,1-7H2,(H,13,14)/t9-/m0/s1. The molecule has 5 nitrogen and oxygen atoms in total. The molecule has 16 heavy (non-hydrogen) atoms. The van der Waals surface area contributed by atoms with Crippen LogP contribution in [0.5, 0.6) is 0 Å². The Kier molecular flexibility index (Phi) is 3.31. The number of likely N-dealkylation sites (tertiary alicyclic amines) is 1. The highest BCUT2D eigenvalue weighted by Gasteiger charge is 2.36. The maximum Gasteiger partial charge on any atom is 0.410 e. The van der Waals surface area contributed by atoms with Gasteiger partial charge in [-0.1, -0.05) is 0 Å². The van der Waals surface area contributed by atoms with Crippen LogP contribution < -0.4 is 0 Å². The van der Waals surface area contributed by atoms with Gasteiger partial charge in [-0.3, -0.25) is 4.90 Å². The molecule has 0 unspecified atom stereocenters. The molecule has 2 fully saturated rings. The fraction of sp³-hybridized carbons (Fsp3) is 0.818. The van der Waals surface area contributed by atoms with Gasteiger partial charge in [0.15, 0.2) is 0 Å². The molecule has 0 bridgehead atoms. The smallest absolute Gasteiger partial charge is 0.410 e. The van der Waals surface area contributed by atoms with Crippen molar-refractivity contribution in [2.45, 2.75) is 50.7 Å². The molecule has 1 aliphatic carbocycles. The van der Waals surface area contributed by atoms with Crippen LogP contribution in [-0.2, 0) is 9.53 Å². The molecule has 1 N–H and O–H groups in total. The molecule has 5 heteroatoms. The van der Waals surface area contributed by atoms with E-state index in [1.165, 1.54) is 4.90 Å². The van der Waals surface area contributed by atoms with Gasteiger partial charge in [0.05, 0.1) is 0 Å². The summed E-state index contributed by atoms with van der Waals surface area (Å²) < 4.78 is 5.30. The van der Waals surface area contributed by atoms with Crippen LogP contribution in [-0.4, -0.2) is 40.8 Å². The maximum atomic E-state index is 11.8. The molecular formula is C11H17NO4. The minimum absolute atomic E-state index is 0.00236. The van der Waals surface area contributed by atoms with Crippen LogP contribution in [0.15, 0.2) is 0 Å². The Morgan fingerprint density at radius 1 is 1.12 bits per heavy atom. The van der Waals surface area contributed by atoms with Crippen LogP contribution in [0.3, 0.4) is 0 Å². The van der Waals surface area contributed by atoms with Crippen LogP contribution in [0, 0.1) is 0 Å². The van der Waals surface area contributed by atoms with Gasteiger partial charge < -0.3 is 9.84 Å². The largest absolute Gasteiger partial charge is 0.480 e. The number of ether oxygens (including phenoxy) is 1. The minimum atomic E-state index is -0.930. The fourth-order valence-corrected chi connectivity index (χ4v) is 2.46. The highest BCUT2D eigenvalue weighted by Crippen LogP contribution is 2.24. The molecule has 1 saturated carbocycles. The van der Waals surface area contributed by atoms with Crippen molar-refractivity contribution in [3.05, 3.63) is 0 Å². The third-order valence-electron chi connectivity index (χ3n) is 3.34. The molecule has 0 spiro atoms. The summed E-state index contributed by atoms with van der Waals surface area (Å²) >= 11 is 0. The number of rotatable bonds is 2. The number of amides is 1. The topological polar surface area (TPSA) is 66.8 Å². The van der Waals surface area contributed by atoms with Crippen molar-refractivity contribution < 1.29 is 19.4 Å². The summed E-state index contributed by atoms with van der Waals surface area (Å²) in [5.41, 5.74) is 0. The lowest BCUT2D eigenvalue weighted by Gasteiger charge is -2.22. The van der Waals surface area contributed by atoms with E-state index in [4.69, 9.17) is 9.84 Å². The number of hydrogen-bond donors (Lipinski definition) is 1. The quantitative estimate of drug-likeness (QED) is 0.778. The van der Waals surface area contributed by atoms with Crippen LogP contribution in [0.4, 0.5) is 4.79 Å². The van der Waals surface area contributed by atoms with E-state index in [1.54, 1.807) is 0 Å². The molecule has 1 aliphatic heterocycles. The lowest BCUT2D eigenvalue weighted by atomic mass is 10.2. The van der Waals surface area contributed by atoms with Crippen LogP contribution >= 0.6 is 0 Å². The molecular weight excluding hydrogens is 210 g/mol. The van der Waals surface area contributed by atoms with E-state index < -0.39 is 18.1 Å². The molecule has 0 aromatic carbocycles. The lowest BCUT2D eigenvalue weighted by molar-refractivity contribution is -0.141. The third-order valence-corrected chi connectivity index (χ3v) is 3.34. The average molecular weight is 227 g/mol. The van der Waals surface area contributed by atoms with E-state index >= 15 is 0 Å². The van der Waals surface area contributed by atoms with E-state index in [0.29, 0.717) is 13.0 Å². The van der Waals surface area contributed by atoms with E-state index in [0.717, 1.165) is 32.1 Å². The Morgan fingerprint density at radius 2 is 1.81 bits per heavy atom. The van der Waals surface area contributed by atoms with Gasteiger partial charge in [0.1, 0.15) is 12.1 Å². The summed E-state index contributed by atoms with van der Waals surface area (Å²) in [4.78, 5) is 24.0. The van der Waals surface area contributed by atoms with Gasteiger partial charge in [-0.05, 0) is 38.5 Å². The van der Waals surface area contributed by atoms with Crippen LogP contribution in [0.25, 0.3) is 0 Å². The van der Waals surface area contributed by atoms with Crippen molar-refractivity contribution in [1.29, 1.82) is 0 Å². The Balaban J connectivity index is 1.90. The van der Waals surface area contributed by atoms with Gasteiger partial charge in [-0.2, -0.15) is 0 Å². The van der Waals surface area contributed by atoms with Gasteiger partial charge >= 0.3 is 12.1 Å². The average Bonchev–Trinajstić information content (AvgIpc) is 2.86. The lowest BCUT2D eigenvalue weighted by Crippen LogP contribution is -2.41. The minimum Gasteiger partial charge on any atom is -0.480 e. The highest BCUT2D eigenvalue weighted by molar-refractivity contribution is 5.80. The van der Waals surface area contributed by atoms with Crippen molar-refractivity contribution in [3.63, 3.8) is 0 Å². The zero-order valence-electron chi connectivity index (χ0n) is 9.22.